The number of nitrogens with two attached hydrogens (primary N) is 2. The second kappa shape index (κ2) is 37.8. The SMILES string of the molecule is C[C@@H](O)[C@@H]1NC(=O)[C@H](CCCN(O)C=O)NC(=O)[C@@H](NC(=O)[C@H](CCCN(O)C=O)NC(=O)[C@@H](CO)NC(=O)[C@H](CCCN=C(N)N)NC(=O)[C@@H](CO)NC(=O)[C@@H]2CCNC3C(NC(=O)CCC(=O)O)=Cc4cc(O)c(O)cc4N32)CCCCNC(=O)[C@H]([C@@H](C)O)NC1=O. The summed E-state index contributed by atoms with van der Waals surface area (Å²) < 4.78 is 0. The normalized spacial score (nSPS) is 21.2. The number of carboxylic acids is 1. The average molecular weight is 1340 g/mol. The number of hydrogen-bond donors (Lipinski definition) is 22. The van der Waals surface area contributed by atoms with Gasteiger partial charge < -0.3 is 105 Å². The molecule has 12 amide bonds. The van der Waals surface area contributed by atoms with Crippen molar-refractivity contribution < 1.29 is 108 Å². The van der Waals surface area contributed by atoms with Gasteiger partial charge in [0.1, 0.15) is 60.5 Å². The van der Waals surface area contributed by atoms with Gasteiger partial charge >= 0.3 is 5.97 Å². The number of phenolic OH excluding ortho intramolecular Hbond substituents is 2. The van der Waals surface area contributed by atoms with E-state index < -0.39 is 188 Å². The number of amides is 12. The van der Waals surface area contributed by atoms with Gasteiger partial charge in [-0.25, -0.2) is 10.1 Å². The monoisotopic (exact) mass is 1340 g/mol. The minimum absolute atomic E-state index is 0.0108. The number of carbonyl (C=O) groups is 13. The number of aliphatic imine (C=N–C) groups is 1. The van der Waals surface area contributed by atoms with E-state index in [1.54, 1.807) is 0 Å². The summed E-state index contributed by atoms with van der Waals surface area (Å²) in [5.74, 6) is -13.3. The van der Waals surface area contributed by atoms with Crippen LogP contribution in [0.25, 0.3) is 6.08 Å². The van der Waals surface area contributed by atoms with Gasteiger partial charge in [0.15, 0.2) is 17.5 Å². The van der Waals surface area contributed by atoms with Crippen molar-refractivity contribution in [1.29, 1.82) is 0 Å². The first kappa shape index (κ1) is 76.9. The Labute approximate surface area is 537 Å². The Hall–Kier alpha value is -9.54. The van der Waals surface area contributed by atoms with Crippen molar-refractivity contribution >= 4 is 95.6 Å². The highest BCUT2D eigenvalue weighted by molar-refractivity contribution is 5.99. The van der Waals surface area contributed by atoms with Crippen LogP contribution in [-0.2, 0) is 62.3 Å². The molecule has 1 unspecified atom stereocenters. The number of hydrogen-bond acceptors (Lipinski definition) is 24. The number of fused-ring (bicyclic) bond motifs is 3. The first-order valence-corrected chi connectivity index (χ1v) is 30.0. The fourth-order valence-corrected chi connectivity index (χ4v) is 10.0. The largest absolute Gasteiger partial charge is 0.504 e. The zero-order valence-electron chi connectivity index (χ0n) is 51.5. The Bertz CT molecular complexity index is 2930. The van der Waals surface area contributed by atoms with E-state index in [1.165, 1.54) is 17.9 Å². The van der Waals surface area contributed by atoms with Crippen molar-refractivity contribution in [1.82, 2.24) is 68.6 Å². The summed E-state index contributed by atoms with van der Waals surface area (Å²) in [6, 6.07) is -12.8. The number of benzene rings is 1. The fourth-order valence-electron chi connectivity index (χ4n) is 10.0. The number of carbonyl (C=O) groups excluding carboxylic acids is 12. The van der Waals surface area contributed by atoms with Gasteiger partial charge in [-0.05, 0) is 96.7 Å². The molecule has 2 saturated heterocycles. The molecule has 4 rings (SSSR count). The number of aliphatic hydroxyl groups excluding tert-OH is 4. The number of hydroxylamine groups is 4. The lowest BCUT2D eigenvalue weighted by Crippen LogP contribution is -2.66. The summed E-state index contributed by atoms with van der Waals surface area (Å²) in [5.41, 5.74) is 11.4. The van der Waals surface area contributed by atoms with Crippen LogP contribution in [-0.4, -0.2) is 259 Å². The maximum Gasteiger partial charge on any atom is 0.303 e. The summed E-state index contributed by atoms with van der Waals surface area (Å²) in [4.78, 5) is 178. The predicted octanol–water partition coefficient (Wildman–Crippen LogP) is -8.84. The number of aliphatic carboxylic acids is 1. The first-order valence-electron chi connectivity index (χ1n) is 30.0. The molecule has 1 aromatic rings. The first-order chi connectivity index (χ1) is 44.5. The van der Waals surface area contributed by atoms with E-state index in [1.807, 2.05) is 0 Å². The second-order valence-electron chi connectivity index (χ2n) is 22.3. The van der Waals surface area contributed by atoms with Crippen molar-refractivity contribution in [3.8, 4) is 11.5 Å². The van der Waals surface area contributed by atoms with Gasteiger partial charge in [-0.2, -0.15) is 0 Å². The summed E-state index contributed by atoms with van der Waals surface area (Å²) in [5, 5.41) is 120. The number of anilines is 1. The lowest BCUT2D eigenvalue weighted by atomic mass is 9.96. The van der Waals surface area contributed by atoms with Crippen molar-refractivity contribution in [3.05, 3.63) is 23.4 Å². The van der Waals surface area contributed by atoms with Crippen LogP contribution < -0.4 is 74.9 Å². The number of aromatic hydroxyl groups is 2. The van der Waals surface area contributed by atoms with Gasteiger partial charge in [0, 0.05) is 44.2 Å². The third-order valence-corrected chi connectivity index (χ3v) is 15.0. The van der Waals surface area contributed by atoms with E-state index in [-0.39, 0.29) is 130 Å². The van der Waals surface area contributed by atoms with Crippen LogP contribution in [0.5, 0.6) is 11.5 Å². The van der Waals surface area contributed by atoms with Crippen molar-refractivity contribution in [3.63, 3.8) is 0 Å². The molecular weight excluding hydrogens is 1250 g/mol. The maximum atomic E-state index is 14.4. The lowest BCUT2D eigenvalue weighted by molar-refractivity contribution is -0.150. The number of guanidine groups is 1. The molecule has 522 valence electrons. The zero-order valence-corrected chi connectivity index (χ0v) is 51.5. The van der Waals surface area contributed by atoms with Crippen molar-refractivity contribution in [2.24, 2.45) is 16.5 Å². The van der Waals surface area contributed by atoms with Crippen LogP contribution >= 0.6 is 0 Å². The van der Waals surface area contributed by atoms with Gasteiger partial charge in [0.25, 0.3) is 0 Å². The molecule has 3 aliphatic heterocycles. The minimum Gasteiger partial charge on any atom is -0.504 e. The number of aliphatic hydroxyl groups is 4. The highest BCUT2D eigenvalue weighted by Crippen LogP contribution is 2.41. The predicted molar refractivity (Wildman–Crippen MR) is 323 cm³/mol. The lowest BCUT2D eigenvalue weighted by Gasteiger charge is -2.47. The number of nitrogens with zero attached hydrogens (tertiary/aromatic N) is 4. The van der Waals surface area contributed by atoms with E-state index in [9.17, 15) is 103 Å². The zero-order chi connectivity index (χ0) is 69.9. The van der Waals surface area contributed by atoms with Crippen LogP contribution in [0.3, 0.4) is 0 Å². The molecule has 0 bridgehead atoms. The summed E-state index contributed by atoms with van der Waals surface area (Å²) in [7, 11) is 0. The molecule has 3 aliphatic rings. The molecule has 39 nitrogen and oxygen atoms in total. The maximum absolute atomic E-state index is 14.4. The molecule has 2 fully saturated rings. The third kappa shape index (κ3) is 23.5. The summed E-state index contributed by atoms with van der Waals surface area (Å²) >= 11 is 0. The molecule has 0 aromatic heterocycles. The molecule has 39 heteroatoms. The van der Waals surface area contributed by atoms with Crippen molar-refractivity contribution in [2.45, 2.75) is 164 Å². The van der Waals surface area contributed by atoms with Crippen LogP contribution in [0.15, 0.2) is 22.8 Å². The number of rotatable bonds is 32. The molecule has 12 atom stereocenters. The van der Waals surface area contributed by atoms with Gasteiger partial charge in [0.2, 0.25) is 71.9 Å². The van der Waals surface area contributed by atoms with Crippen LogP contribution in [0.1, 0.15) is 96.5 Å². The van der Waals surface area contributed by atoms with E-state index in [0.29, 0.717) is 0 Å². The van der Waals surface area contributed by atoms with Gasteiger partial charge in [0.05, 0.1) is 43.2 Å². The van der Waals surface area contributed by atoms with E-state index >= 15 is 0 Å². The highest BCUT2D eigenvalue weighted by Gasteiger charge is 2.43. The van der Waals surface area contributed by atoms with E-state index in [2.05, 4.69) is 63.5 Å². The molecule has 0 spiro atoms. The van der Waals surface area contributed by atoms with Gasteiger partial charge in [-0.1, -0.05) is 0 Å². The molecule has 1 aromatic carbocycles. The Morgan fingerprint density at radius 2 is 1.27 bits per heavy atom. The third-order valence-electron chi connectivity index (χ3n) is 15.0. The summed E-state index contributed by atoms with van der Waals surface area (Å²) in [6.45, 7) is -0.921. The van der Waals surface area contributed by atoms with Crippen LogP contribution in [0.4, 0.5) is 5.69 Å². The van der Waals surface area contributed by atoms with E-state index in [4.69, 9.17) is 16.6 Å². The topological polar surface area (TPSA) is 610 Å². The van der Waals surface area contributed by atoms with Crippen LogP contribution in [0.2, 0.25) is 0 Å². The molecule has 24 N–H and O–H groups in total. The highest BCUT2D eigenvalue weighted by atomic mass is 16.5. The molecular formula is C55H85N17O22. The smallest absolute Gasteiger partial charge is 0.303 e. The molecule has 94 heavy (non-hydrogen) atoms. The fraction of sp³-hybridized carbons (Fsp3) is 0.600. The second-order valence-corrected chi connectivity index (χ2v) is 22.3. The molecule has 0 saturated carbocycles. The molecule has 3 heterocycles. The van der Waals surface area contributed by atoms with Crippen molar-refractivity contribution in [2.75, 3.05) is 50.8 Å². The Balaban J connectivity index is 1.61. The number of carboxylic acid groups (broad SMARTS) is 1. The molecule has 0 radical (unpaired) electrons. The Kier molecular flexibility index (Phi) is 31.0. The summed E-state index contributed by atoms with van der Waals surface area (Å²) in [6.07, 6.45) is -5.32. The standard InChI is InChI=1S/C55H85N17O22/c1-27(77)43-53(91)59-15-4-3-8-30(46(84)63-33(11-7-19-71(94)26-76)49(87)68-44(28(2)78)54(92)69-43)62-47(85)32(10-6-18-70(93)25-75)65-50(88)35(23-73)66-48(86)31(9-5-16-60-55(56)57)64-51(89)36(24-74)67-52(90)37-14-17-58-45-34(61-41(81)12-13-42(82)83)20-29-21-39(79)40(80)22-38(29)72(37)45/h20-22,25-28,30-33,35-37,43-45,58,73-74,77-80,93-94H,3-19,23-24H2,1-2H3,(H,59,91)(H,61,81)(H,62,85)(H,63,84)(H,64,89)(H,65,88)(H,66,86)(H,67,90)(H,68,87)(H,69,92)(H,82,83)(H4,56,57,60)/t27-,28-,30+,31+,32+,33+,35-,36-,37+,43+,44+,45?/m1/s1. The number of phenols is 2. The van der Waals surface area contributed by atoms with Gasteiger partial charge in [-0.3, -0.25) is 83.1 Å². The van der Waals surface area contributed by atoms with Crippen LogP contribution in [0, 0.1) is 0 Å². The molecule has 0 aliphatic carbocycles. The van der Waals surface area contributed by atoms with E-state index in [0.717, 1.165) is 19.1 Å². The Morgan fingerprint density at radius 1 is 0.702 bits per heavy atom. The Morgan fingerprint density at radius 3 is 1.87 bits per heavy atom. The quantitative estimate of drug-likeness (QED) is 0.00606. The minimum atomic E-state index is -1.96. The number of nitrogens with one attached hydrogen (secondary N) is 11. The van der Waals surface area contributed by atoms with Gasteiger partial charge in [-0.15, -0.1) is 0 Å². The average Bonchev–Trinajstić information content (AvgIpc) is 0.751.